The Balaban J connectivity index is 2.72. The summed E-state index contributed by atoms with van der Waals surface area (Å²) in [6.45, 7) is 5.21. The van der Waals surface area contributed by atoms with Gasteiger partial charge in [-0.1, -0.05) is 6.92 Å². The van der Waals surface area contributed by atoms with Crippen LogP contribution in [0.25, 0.3) is 0 Å². The number of aliphatic hydroxyl groups is 1. The van der Waals surface area contributed by atoms with E-state index in [4.69, 9.17) is 0 Å². The Morgan fingerprint density at radius 1 is 1.53 bits per heavy atom. The molecule has 0 fully saturated rings. The molecular weight excluding hydrogens is 236 g/mol. The molecule has 1 unspecified atom stereocenters. The SMILES string of the molecule is CSC(C)CNCc1c(CO)cnc(C)c1O. The minimum absolute atomic E-state index is 0.101. The lowest BCUT2D eigenvalue weighted by atomic mass is 10.1. The fourth-order valence-electron chi connectivity index (χ4n) is 1.50. The lowest BCUT2D eigenvalue weighted by molar-refractivity contribution is 0.278. The number of thioether (sulfide) groups is 1. The number of nitrogens with zero attached hydrogens (tertiary/aromatic N) is 1. The van der Waals surface area contributed by atoms with Crippen LogP contribution in [-0.4, -0.2) is 33.2 Å². The molecular formula is C12H20N2O2S. The van der Waals surface area contributed by atoms with E-state index in [1.807, 2.05) is 0 Å². The number of aromatic hydroxyl groups is 1. The fraction of sp³-hybridized carbons (Fsp3) is 0.583. The Morgan fingerprint density at radius 3 is 2.82 bits per heavy atom. The average Bonchev–Trinajstić information content (AvgIpc) is 2.34. The van der Waals surface area contributed by atoms with E-state index >= 15 is 0 Å². The highest BCUT2D eigenvalue weighted by Crippen LogP contribution is 2.23. The normalized spacial score (nSPS) is 12.7. The fourth-order valence-corrected chi connectivity index (χ4v) is 1.79. The summed E-state index contributed by atoms with van der Waals surface area (Å²) in [4.78, 5) is 4.03. The number of hydrogen-bond acceptors (Lipinski definition) is 5. The maximum Gasteiger partial charge on any atom is 0.141 e. The molecule has 0 aliphatic rings. The molecule has 5 heteroatoms. The second-order valence-electron chi connectivity index (χ2n) is 4.03. The van der Waals surface area contributed by atoms with Crippen molar-refractivity contribution >= 4 is 11.8 Å². The first-order valence-electron chi connectivity index (χ1n) is 5.60. The third-order valence-corrected chi connectivity index (χ3v) is 3.71. The van der Waals surface area contributed by atoms with Gasteiger partial charge in [-0.25, -0.2) is 0 Å². The van der Waals surface area contributed by atoms with E-state index in [2.05, 4.69) is 23.5 Å². The van der Waals surface area contributed by atoms with Gasteiger partial charge in [-0.05, 0) is 13.2 Å². The molecule has 17 heavy (non-hydrogen) atoms. The molecule has 0 aliphatic carbocycles. The average molecular weight is 256 g/mol. The van der Waals surface area contributed by atoms with Crippen LogP contribution in [-0.2, 0) is 13.2 Å². The van der Waals surface area contributed by atoms with Gasteiger partial charge in [-0.2, -0.15) is 11.8 Å². The number of nitrogens with one attached hydrogen (secondary N) is 1. The highest BCUT2D eigenvalue weighted by molar-refractivity contribution is 7.99. The third-order valence-electron chi connectivity index (χ3n) is 2.74. The van der Waals surface area contributed by atoms with Gasteiger partial charge in [0.25, 0.3) is 0 Å². The molecule has 0 aromatic carbocycles. The molecule has 1 heterocycles. The molecule has 0 amide bonds. The van der Waals surface area contributed by atoms with Gasteiger partial charge in [-0.3, -0.25) is 4.98 Å². The number of aliphatic hydroxyl groups excluding tert-OH is 1. The monoisotopic (exact) mass is 256 g/mol. The van der Waals surface area contributed by atoms with E-state index in [1.54, 1.807) is 24.9 Å². The standard InChI is InChI=1S/C12H20N2O2S/c1-8(17-3)4-13-6-11-10(7-15)5-14-9(2)12(11)16/h5,8,13,15-16H,4,6-7H2,1-3H3. The van der Waals surface area contributed by atoms with Crippen molar-refractivity contribution in [2.45, 2.75) is 32.2 Å². The van der Waals surface area contributed by atoms with Gasteiger partial charge in [-0.15, -0.1) is 0 Å². The smallest absolute Gasteiger partial charge is 0.141 e. The molecule has 0 bridgehead atoms. The lowest BCUT2D eigenvalue weighted by Gasteiger charge is -2.14. The van der Waals surface area contributed by atoms with Crippen molar-refractivity contribution in [2.75, 3.05) is 12.8 Å². The molecule has 0 saturated heterocycles. The Bertz CT molecular complexity index is 372. The first kappa shape index (κ1) is 14.3. The van der Waals surface area contributed by atoms with Crippen molar-refractivity contribution in [1.29, 1.82) is 0 Å². The zero-order valence-corrected chi connectivity index (χ0v) is 11.3. The van der Waals surface area contributed by atoms with Crippen molar-refractivity contribution < 1.29 is 10.2 Å². The highest BCUT2D eigenvalue weighted by Gasteiger charge is 2.11. The summed E-state index contributed by atoms with van der Waals surface area (Å²) >= 11 is 1.79. The van der Waals surface area contributed by atoms with Crippen LogP contribution in [0.4, 0.5) is 0 Å². The van der Waals surface area contributed by atoms with Crippen molar-refractivity contribution in [2.24, 2.45) is 0 Å². The number of hydrogen-bond donors (Lipinski definition) is 3. The number of pyridine rings is 1. The van der Waals surface area contributed by atoms with Gasteiger partial charge >= 0.3 is 0 Å². The summed E-state index contributed by atoms with van der Waals surface area (Å²) in [6, 6.07) is 0. The van der Waals surface area contributed by atoms with E-state index in [1.165, 1.54) is 0 Å². The zero-order valence-electron chi connectivity index (χ0n) is 10.5. The molecule has 0 radical (unpaired) electrons. The molecule has 4 nitrogen and oxygen atoms in total. The molecule has 0 spiro atoms. The second kappa shape index (κ2) is 6.83. The van der Waals surface area contributed by atoms with Crippen molar-refractivity contribution in [3.63, 3.8) is 0 Å². The summed E-state index contributed by atoms with van der Waals surface area (Å²) in [5, 5.41) is 22.9. The molecule has 3 N–H and O–H groups in total. The first-order valence-corrected chi connectivity index (χ1v) is 6.89. The van der Waals surface area contributed by atoms with E-state index in [9.17, 15) is 10.2 Å². The Morgan fingerprint density at radius 2 is 2.24 bits per heavy atom. The summed E-state index contributed by atoms with van der Waals surface area (Å²) in [6.07, 6.45) is 3.68. The Hall–Kier alpha value is -0.780. The largest absolute Gasteiger partial charge is 0.506 e. The van der Waals surface area contributed by atoms with Crippen LogP contribution in [0.5, 0.6) is 5.75 Å². The van der Waals surface area contributed by atoms with Gasteiger partial charge < -0.3 is 15.5 Å². The van der Waals surface area contributed by atoms with Gasteiger partial charge in [0, 0.05) is 35.7 Å². The van der Waals surface area contributed by atoms with Crippen LogP contribution in [0, 0.1) is 6.92 Å². The van der Waals surface area contributed by atoms with Gasteiger partial charge in [0.15, 0.2) is 0 Å². The third kappa shape index (κ3) is 3.87. The van der Waals surface area contributed by atoms with Crippen LogP contribution in [0.1, 0.15) is 23.7 Å². The predicted molar refractivity (Wildman–Crippen MR) is 71.2 cm³/mol. The molecule has 0 saturated carbocycles. The predicted octanol–water partition coefficient (Wildman–Crippen LogP) is 1.43. The quantitative estimate of drug-likeness (QED) is 0.718. The topological polar surface area (TPSA) is 65.4 Å². The Kier molecular flexibility index (Phi) is 5.74. The van der Waals surface area contributed by atoms with E-state index in [-0.39, 0.29) is 12.4 Å². The maximum atomic E-state index is 9.91. The number of aryl methyl sites for hydroxylation is 1. The second-order valence-corrected chi connectivity index (χ2v) is 5.31. The summed E-state index contributed by atoms with van der Waals surface area (Å²) in [5.41, 5.74) is 2.02. The summed E-state index contributed by atoms with van der Waals surface area (Å²) in [7, 11) is 0. The van der Waals surface area contributed by atoms with Crippen molar-refractivity contribution in [3.05, 3.63) is 23.0 Å². The van der Waals surface area contributed by atoms with Crippen LogP contribution >= 0.6 is 11.8 Å². The van der Waals surface area contributed by atoms with Crippen molar-refractivity contribution in [3.8, 4) is 5.75 Å². The van der Waals surface area contributed by atoms with Gasteiger partial charge in [0.1, 0.15) is 5.75 Å². The summed E-state index contributed by atoms with van der Waals surface area (Å²) < 4.78 is 0. The van der Waals surface area contributed by atoms with E-state index in [0.29, 0.717) is 23.1 Å². The summed E-state index contributed by atoms with van der Waals surface area (Å²) in [5.74, 6) is 0.181. The minimum Gasteiger partial charge on any atom is -0.506 e. The van der Waals surface area contributed by atoms with Crippen LogP contribution < -0.4 is 5.32 Å². The molecule has 0 aliphatic heterocycles. The van der Waals surface area contributed by atoms with Gasteiger partial charge in [0.05, 0.1) is 12.3 Å². The highest BCUT2D eigenvalue weighted by atomic mass is 32.2. The van der Waals surface area contributed by atoms with Crippen LogP contribution in [0.3, 0.4) is 0 Å². The molecule has 96 valence electrons. The van der Waals surface area contributed by atoms with E-state index < -0.39 is 0 Å². The lowest BCUT2D eigenvalue weighted by Crippen LogP contribution is -2.23. The number of aromatic nitrogens is 1. The van der Waals surface area contributed by atoms with Crippen molar-refractivity contribution in [1.82, 2.24) is 10.3 Å². The minimum atomic E-state index is -0.101. The molecule has 1 aromatic rings. The van der Waals surface area contributed by atoms with E-state index in [0.717, 1.165) is 12.1 Å². The van der Waals surface area contributed by atoms with Crippen LogP contribution in [0.2, 0.25) is 0 Å². The van der Waals surface area contributed by atoms with Gasteiger partial charge in [0.2, 0.25) is 0 Å². The molecule has 1 rings (SSSR count). The first-order chi connectivity index (χ1) is 8.10. The molecule has 1 aromatic heterocycles. The number of rotatable bonds is 6. The molecule has 1 atom stereocenters. The maximum absolute atomic E-state index is 9.91. The van der Waals surface area contributed by atoms with Crippen LogP contribution in [0.15, 0.2) is 6.20 Å². The zero-order chi connectivity index (χ0) is 12.8. The Labute approximate surface area is 106 Å².